The molecule has 0 spiro atoms. The molecule has 0 bridgehead atoms. The Kier molecular flexibility index (Phi) is 2.88. The first-order valence-corrected chi connectivity index (χ1v) is 5.54. The van der Waals surface area contributed by atoms with Crippen LogP contribution in [0, 0.1) is 6.92 Å². The smallest absolute Gasteiger partial charge is 0.272 e. The highest BCUT2D eigenvalue weighted by Gasteiger charge is 2.27. The molecule has 1 aliphatic rings. The molecule has 0 saturated heterocycles. The predicted octanol–water partition coefficient (Wildman–Crippen LogP) is 1.51. The van der Waals surface area contributed by atoms with Crippen LogP contribution in [-0.2, 0) is 0 Å². The molecule has 1 aromatic rings. The summed E-state index contributed by atoms with van der Waals surface area (Å²) in [7, 11) is 2.03. The third-order valence-corrected chi connectivity index (χ3v) is 2.80. The Hall–Kier alpha value is -1.48. The number of hydrogen-bond donors (Lipinski definition) is 1. The zero-order valence-electron chi connectivity index (χ0n) is 10.0. The number of nitrogens with two attached hydrogens (primary N) is 1. The van der Waals surface area contributed by atoms with Crippen molar-refractivity contribution in [2.45, 2.75) is 26.1 Å². The third-order valence-electron chi connectivity index (χ3n) is 2.80. The fraction of sp³-hybridized carbons (Fsp3) is 0.385. The van der Waals surface area contributed by atoms with Gasteiger partial charge >= 0.3 is 0 Å². The fourth-order valence-corrected chi connectivity index (χ4v) is 1.92. The second kappa shape index (κ2) is 4.18. The van der Waals surface area contributed by atoms with Gasteiger partial charge in [0.25, 0.3) is 6.17 Å². The van der Waals surface area contributed by atoms with Crippen LogP contribution in [0.3, 0.4) is 0 Å². The standard InChI is InChI=1S/C13H18N3/c1-9-5-4-6-11(7-9)13-15-12(10(2)14)8-16(13)3/h4-8,10,13H,14H2,1-3H3/q+1. The van der Waals surface area contributed by atoms with Crippen molar-refractivity contribution < 1.29 is 4.58 Å². The van der Waals surface area contributed by atoms with E-state index in [2.05, 4.69) is 40.8 Å². The lowest BCUT2D eigenvalue weighted by Gasteiger charge is -2.05. The average molecular weight is 216 g/mol. The molecule has 16 heavy (non-hydrogen) atoms. The SMILES string of the molecule is Cc1cccc(C2N=C(C(C)N)C=[N+]2C)c1. The van der Waals surface area contributed by atoms with Crippen molar-refractivity contribution in [1.29, 1.82) is 0 Å². The Morgan fingerprint density at radius 3 is 2.75 bits per heavy atom. The highest BCUT2D eigenvalue weighted by molar-refractivity contribution is 6.31. The molecule has 0 aliphatic carbocycles. The maximum atomic E-state index is 5.84. The van der Waals surface area contributed by atoms with Gasteiger partial charge in [0.1, 0.15) is 12.8 Å². The fourth-order valence-electron chi connectivity index (χ4n) is 1.92. The number of nitrogens with zero attached hydrogens (tertiary/aromatic N) is 2. The van der Waals surface area contributed by atoms with Gasteiger partial charge in [0.05, 0.1) is 6.04 Å². The van der Waals surface area contributed by atoms with Crippen molar-refractivity contribution in [3.8, 4) is 0 Å². The number of aliphatic imine (C=N–C) groups is 1. The Bertz CT molecular complexity index is 458. The summed E-state index contributed by atoms with van der Waals surface area (Å²) >= 11 is 0. The van der Waals surface area contributed by atoms with E-state index in [-0.39, 0.29) is 12.2 Å². The molecule has 1 heterocycles. The first kappa shape index (κ1) is 11.0. The molecule has 0 aromatic heterocycles. The molecule has 1 aromatic carbocycles. The highest BCUT2D eigenvalue weighted by Crippen LogP contribution is 2.21. The first-order valence-electron chi connectivity index (χ1n) is 5.54. The summed E-state index contributed by atoms with van der Waals surface area (Å²) in [4.78, 5) is 4.64. The van der Waals surface area contributed by atoms with Gasteiger partial charge in [0.15, 0.2) is 6.21 Å². The Labute approximate surface area is 96.3 Å². The lowest BCUT2D eigenvalue weighted by molar-refractivity contribution is -0.533. The normalized spacial score (nSPS) is 21.6. The summed E-state index contributed by atoms with van der Waals surface area (Å²) < 4.78 is 2.10. The summed E-state index contributed by atoms with van der Waals surface area (Å²) in [5.41, 5.74) is 9.28. The first-order chi connectivity index (χ1) is 7.58. The summed E-state index contributed by atoms with van der Waals surface area (Å²) in [5.74, 6) is 0. The van der Waals surface area contributed by atoms with Gasteiger partial charge in [-0.05, 0) is 19.9 Å². The largest absolute Gasteiger partial charge is 0.323 e. The van der Waals surface area contributed by atoms with Crippen molar-refractivity contribution >= 4 is 11.9 Å². The molecule has 84 valence electrons. The quantitative estimate of drug-likeness (QED) is 0.748. The number of benzene rings is 1. The van der Waals surface area contributed by atoms with E-state index < -0.39 is 0 Å². The zero-order chi connectivity index (χ0) is 11.7. The maximum absolute atomic E-state index is 5.84. The molecule has 1 aliphatic heterocycles. The van der Waals surface area contributed by atoms with Crippen LogP contribution in [0.4, 0.5) is 0 Å². The number of rotatable bonds is 2. The minimum absolute atomic E-state index is 0.00254. The lowest BCUT2D eigenvalue weighted by Crippen LogP contribution is -2.27. The van der Waals surface area contributed by atoms with Crippen LogP contribution < -0.4 is 5.73 Å². The molecule has 3 nitrogen and oxygen atoms in total. The van der Waals surface area contributed by atoms with Crippen LogP contribution in [0.5, 0.6) is 0 Å². The Morgan fingerprint density at radius 1 is 1.44 bits per heavy atom. The molecule has 2 N–H and O–H groups in total. The van der Waals surface area contributed by atoms with Crippen molar-refractivity contribution in [1.82, 2.24) is 0 Å². The minimum Gasteiger partial charge on any atom is -0.323 e. The van der Waals surface area contributed by atoms with Crippen molar-refractivity contribution in [3.05, 3.63) is 35.4 Å². The van der Waals surface area contributed by atoms with E-state index in [9.17, 15) is 0 Å². The van der Waals surface area contributed by atoms with Crippen LogP contribution in [0.15, 0.2) is 29.3 Å². The van der Waals surface area contributed by atoms with Crippen molar-refractivity contribution in [3.63, 3.8) is 0 Å². The van der Waals surface area contributed by atoms with Gasteiger partial charge in [-0.15, -0.1) is 0 Å². The van der Waals surface area contributed by atoms with E-state index in [1.54, 1.807) is 0 Å². The summed E-state index contributed by atoms with van der Waals surface area (Å²) in [6.07, 6.45) is 2.11. The maximum Gasteiger partial charge on any atom is 0.272 e. The third kappa shape index (κ3) is 2.04. The predicted molar refractivity (Wildman–Crippen MR) is 67.3 cm³/mol. The van der Waals surface area contributed by atoms with Gasteiger partial charge < -0.3 is 5.73 Å². The van der Waals surface area contributed by atoms with Gasteiger partial charge in [0.2, 0.25) is 0 Å². The number of aryl methyl sites for hydroxylation is 1. The summed E-state index contributed by atoms with van der Waals surface area (Å²) in [5, 5.41) is 0. The number of hydrogen-bond acceptors (Lipinski definition) is 2. The second-order valence-electron chi connectivity index (χ2n) is 4.43. The molecule has 0 radical (unpaired) electrons. The molecule has 0 amide bonds. The van der Waals surface area contributed by atoms with E-state index in [0.717, 1.165) is 5.71 Å². The van der Waals surface area contributed by atoms with Gasteiger partial charge in [0, 0.05) is 5.56 Å². The monoisotopic (exact) mass is 216 g/mol. The Morgan fingerprint density at radius 2 is 2.19 bits per heavy atom. The van der Waals surface area contributed by atoms with Crippen LogP contribution >= 0.6 is 0 Å². The summed E-state index contributed by atoms with van der Waals surface area (Å²) in [6.45, 7) is 4.06. The van der Waals surface area contributed by atoms with Crippen LogP contribution in [0.25, 0.3) is 0 Å². The highest BCUT2D eigenvalue weighted by atomic mass is 15.2. The van der Waals surface area contributed by atoms with E-state index in [1.807, 2.05) is 20.2 Å². The van der Waals surface area contributed by atoms with E-state index in [1.165, 1.54) is 11.1 Å². The molecule has 2 rings (SSSR count). The van der Waals surface area contributed by atoms with Gasteiger partial charge in [-0.1, -0.05) is 23.8 Å². The Balaban J connectivity index is 2.34. The molecular weight excluding hydrogens is 198 g/mol. The summed E-state index contributed by atoms with van der Waals surface area (Å²) in [6, 6.07) is 8.44. The van der Waals surface area contributed by atoms with E-state index in [0.29, 0.717) is 0 Å². The second-order valence-corrected chi connectivity index (χ2v) is 4.43. The van der Waals surface area contributed by atoms with Gasteiger partial charge in [-0.25, -0.2) is 9.57 Å². The molecule has 0 fully saturated rings. The van der Waals surface area contributed by atoms with Crippen LogP contribution in [-0.4, -0.2) is 29.6 Å². The van der Waals surface area contributed by atoms with Crippen LogP contribution in [0.2, 0.25) is 0 Å². The molecule has 0 saturated carbocycles. The van der Waals surface area contributed by atoms with Crippen molar-refractivity contribution in [2.24, 2.45) is 10.7 Å². The molecule has 2 unspecified atom stereocenters. The molecular formula is C13H18N3+. The minimum atomic E-state index is -0.00254. The van der Waals surface area contributed by atoms with Gasteiger partial charge in [-0.3, -0.25) is 0 Å². The zero-order valence-corrected chi connectivity index (χ0v) is 10.0. The average Bonchev–Trinajstić information content (AvgIpc) is 2.60. The molecule has 2 atom stereocenters. The van der Waals surface area contributed by atoms with Gasteiger partial charge in [-0.2, -0.15) is 0 Å². The van der Waals surface area contributed by atoms with Crippen LogP contribution in [0.1, 0.15) is 24.2 Å². The molecule has 3 heteroatoms. The topological polar surface area (TPSA) is 41.4 Å². The lowest BCUT2D eigenvalue weighted by atomic mass is 10.1. The van der Waals surface area contributed by atoms with E-state index >= 15 is 0 Å². The van der Waals surface area contributed by atoms with Crippen molar-refractivity contribution in [2.75, 3.05) is 7.05 Å². The van der Waals surface area contributed by atoms with E-state index in [4.69, 9.17) is 5.73 Å².